The molecule has 0 unspecified atom stereocenters. The Bertz CT molecular complexity index is 626. The summed E-state index contributed by atoms with van der Waals surface area (Å²) in [4.78, 5) is 4.84. The third kappa shape index (κ3) is 5.90. The summed E-state index contributed by atoms with van der Waals surface area (Å²) in [6, 6.07) is 14.6. The van der Waals surface area contributed by atoms with Gasteiger partial charge in [-0.25, -0.2) is 0 Å². The van der Waals surface area contributed by atoms with Gasteiger partial charge in [0.1, 0.15) is 0 Å². The quantitative estimate of drug-likeness (QED) is 0.473. The molecule has 122 valence electrons. The fourth-order valence-electron chi connectivity index (χ4n) is 2.59. The van der Waals surface area contributed by atoms with Gasteiger partial charge in [-0.05, 0) is 70.2 Å². The second kappa shape index (κ2) is 9.14. The SMILES string of the molecule is CCc1nc(CCCCC=C(C)C)ccc1Nc1ccccc1. The lowest BCUT2D eigenvalue weighted by atomic mass is 10.1. The molecule has 0 aliphatic carbocycles. The second-order valence-corrected chi connectivity index (χ2v) is 6.17. The third-order valence-corrected chi connectivity index (χ3v) is 3.86. The first-order chi connectivity index (χ1) is 11.2. The Morgan fingerprint density at radius 1 is 1.04 bits per heavy atom. The fraction of sp³-hybridized carbons (Fsp3) is 0.381. The molecule has 0 saturated heterocycles. The molecule has 0 radical (unpaired) electrons. The molecule has 0 fully saturated rings. The van der Waals surface area contributed by atoms with Crippen LogP contribution < -0.4 is 5.32 Å². The van der Waals surface area contributed by atoms with Crippen LogP contribution in [0.15, 0.2) is 54.1 Å². The van der Waals surface area contributed by atoms with Crippen molar-refractivity contribution < 1.29 is 0 Å². The zero-order valence-corrected chi connectivity index (χ0v) is 14.6. The lowest BCUT2D eigenvalue weighted by Gasteiger charge is -2.12. The molecule has 2 heteroatoms. The number of rotatable bonds is 8. The molecular weight excluding hydrogens is 280 g/mol. The predicted octanol–water partition coefficient (Wildman–Crippen LogP) is 6.07. The van der Waals surface area contributed by atoms with Crippen LogP contribution in [-0.2, 0) is 12.8 Å². The van der Waals surface area contributed by atoms with Gasteiger partial charge in [0.2, 0.25) is 0 Å². The summed E-state index contributed by atoms with van der Waals surface area (Å²) in [5.41, 5.74) is 5.99. The molecule has 1 heterocycles. The summed E-state index contributed by atoms with van der Waals surface area (Å²) < 4.78 is 0. The highest BCUT2D eigenvalue weighted by molar-refractivity contribution is 5.61. The summed E-state index contributed by atoms with van der Waals surface area (Å²) in [5, 5.41) is 3.47. The van der Waals surface area contributed by atoms with Crippen LogP contribution in [0.1, 0.15) is 51.4 Å². The van der Waals surface area contributed by atoms with Gasteiger partial charge in [0, 0.05) is 11.4 Å². The van der Waals surface area contributed by atoms with Crippen molar-refractivity contribution in [3.8, 4) is 0 Å². The van der Waals surface area contributed by atoms with Crippen LogP contribution in [0, 0.1) is 0 Å². The molecule has 0 aliphatic heterocycles. The van der Waals surface area contributed by atoms with E-state index in [1.54, 1.807) is 0 Å². The van der Waals surface area contributed by atoms with E-state index in [0.29, 0.717) is 0 Å². The largest absolute Gasteiger partial charge is 0.354 e. The highest BCUT2D eigenvalue weighted by atomic mass is 14.9. The Balaban J connectivity index is 1.95. The van der Waals surface area contributed by atoms with E-state index >= 15 is 0 Å². The molecule has 1 N–H and O–H groups in total. The van der Waals surface area contributed by atoms with Gasteiger partial charge in [-0.15, -0.1) is 0 Å². The van der Waals surface area contributed by atoms with Gasteiger partial charge in [-0.1, -0.05) is 36.8 Å². The van der Waals surface area contributed by atoms with E-state index in [4.69, 9.17) is 4.98 Å². The Morgan fingerprint density at radius 3 is 2.52 bits per heavy atom. The smallest absolute Gasteiger partial charge is 0.0638 e. The van der Waals surface area contributed by atoms with Crippen molar-refractivity contribution in [2.24, 2.45) is 0 Å². The highest BCUT2D eigenvalue weighted by Crippen LogP contribution is 2.21. The molecule has 2 aromatic rings. The number of unbranched alkanes of at least 4 members (excludes halogenated alkanes) is 2. The number of anilines is 2. The van der Waals surface area contributed by atoms with Crippen molar-refractivity contribution in [3.63, 3.8) is 0 Å². The maximum absolute atomic E-state index is 4.84. The molecule has 0 amide bonds. The molecule has 0 atom stereocenters. The number of aromatic nitrogens is 1. The summed E-state index contributed by atoms with van der Waals surface area (Å²) in [7, 11) is 0. The summed E-state index contributed by atoms with van der Waals surface area (Å²) in [6.07, 6.45) is 7.94. The molecule has 0 bridgehead atoms. The van der Waals surface area contributed by atoms with Gasteiger partial charge in [0.25, 0.3) is 0 Å². The zero-order valence-electron chi connectivity index (χ0n) is 14.6. The van der Waals surface area contributed by atoms with Crippen molar-refractivity contribution in [1.82, 2.24) is 4.98 Å². The molecule has 0 saturated carbocycles. The number of pyridine rings is 1. The molecule has 0 spiro atoms. The van der Waals surface area contributed by atoms with E-state index in [-0.39, 0.29) is 0 Å². The van der Waals surface area contributed by atoms with Gasteiger partial charge in [-0.3, -0.25) is 4.98 Å². The number of benzene rings is 1. The monoisotopic (exact) mass is 308 g/mol. The zero-order chi connectivity index (χ0) is 16.5. The first kappa shape index (κ1) is 17.3. The summed E-state index contributed by atoms with van der Waals surface area (Å²) >= 11 is 0. The van der Waals surface area contributed by atoms with Crippen LogP contribution in [0.2, 0.25) is 0 Å². The molecule has 1 aromatic carbocycles. The lowest BCUT2D eigenvalue weighted by molar-refractivity contribution is 0.729. The third-order valence-electron chi connectivity index (χ3n) is 3.86. The Morgan fingerprint density at radius 2 is 1.83 bits per heavy atom. The predicted molar refractivity (Wildman–Crippen MR) is 100 cm³/mol. The minimum atomic E-state index is 0.945. The molecule has 1 aromatic heterocycles. The number of para-hydroxylation sites is 1. The maximum Gasteiger partial charge on any atom is 0.0638 e. The van der Waals surface area contributed by atoms with E-state index in [9.17, 15) is 0 Å². The average Bonchev–Trinajstić information content (AvgIpc) is 2.56. The van der Waals surface area contributed by atoms with Crippen LogP contribution in [0.5, 0.6) is 0 Å². The highest BCUT2D eigenvalue weighted by Gasteiger charge is 2.05. The van der Waals surface area contributed by atoms with Crippen molar-refractivity contribution in [2.45, 2.75) is 52.9 Å². The minimum Gasteiger partial charge on any atom is -0.354 e. The first-order valence-electron chi connectivity index (χ1n) is 8.63. The van der Waals surface area contributed by atoms with Crippen LogP contribution >= 0.6 is 0 Å². The lowest BCUT2D eigenvalue weighted by Crippen LogP contribution is -2.01. The number of allylic oxidation sites excluding steroid dienone is 2. The number of nitrogens with one attached hydrogen (secondary N) is 1. The maximum atomic E-state index is 4.84. The van der Waals surface area contributed by atoms with Crippen LogP contribution in [0.3, 0.4) is 0 Å². The second-order valence-electron chi connectivity index (χ2n) is 6.17. The van der Waals surface area contributed by atoms with E-state index < -0.39 is 0 Å². The molecule has 23 heavy (non-hydrogen) atoms. The topological polar surface area (TPSA) is 24.9 Å². The van der Waals surface area contributed by atoms with Gasteiger partial charge in [-0.2, -0.15) is 0 Å². The van der Waals surface area contributed by atoms with Crippen molar-refractivity contribution in [2.75, 3.05) is 5.32 Å². The molecule has 2 nitrogen and oxygen atoms in total. The van der Waals surface area contributed by atoms with E-state index in [2.05, 4.69) is 56.4 Å². The van der Waals surface area contributed by atoms with Crippen molar-refractivity contribution >= 4 is 11.4 Å². The van der Waals surface area contributed by atoms with Crippen LogP contribution in [0.4, 0.5) is 11.4 Å². The molecule has 2 rings (SSSR count). The fourth-order valence-corrected chi connectivity index (χ4v) is 2.59. The number of nitrogens with zero attached hydrogens (tertiary/aromatic N) is 1. The number of hydrogen-bond acceptors (Lipinski definition) is 2. The van der Waals surface area contributed by atoms with E-state index in [0.717, 1.165) is 29.9 Å². The van der Waals surface area contributed by atoms with Crippen LogP contribution in [0.25, 0.3) is 0 Å². The van der Waals surface area contributed by atoms with Gasteiger partial charge < -0.3 is 5.32 Å². The first-order valence-corrected chi connectivity index (χ1v) is 8.63. The van der Waals surface area contributed by atoms with Crippen molar-refractivity contribution in [1.29, 1.82) is 0 Å². The summed E-state index contributed by atoms with van der Waals surface area (Å²) in [6.45, 7) is 6.48. The standard InChI is InChI=1S/C21H28N2/c1-4-20-21(23-18-12-9-6-10-13-18)16-15-19(22-20)14-8-5-7-11-17(2)3/h6,9-13,15-16,23H,4-5,7-8,14H2,1-3H3. The molecule has 0 aliphatic rings. The van der Waals surface area contributed by atoms with E-state index in [1.807, 2.05) is 18.2 Å². The minimum absolute atomic E-state index is 0.945. The van der Waals surface area contributed by atoms with Crippen LogP contribution in [-0.4, -0.2) is 4.98 Å². The normalized spacial score (nSPS) is 10.4. The summed E-state index contributed by atoms with van der Waals surface area (Å²) in [5.74, 6) is 0. The average molecular weight is 308 g/mol. The Labute approximate surface area is 140 Å². The Hall–Kier alpha value is -2.09. The van der Waals surface area contributed by atoms with Gasteiger partial charge in [0.05, 0.1) is 11.4 Å². The van der Waals surface area contributed by atoms with Gasteiger partial charge >= 0.3 is 0 Å². The van der Waals surface area contributed by atoms with Crippen molar-refractivity contribution in [3.05, 3.63) is 65.5 Å². The Kier molecular flexibility index (Phi) is 6.86. The van der Waals surface area contributed by atoms with Gasteiger partial charge in [0.15, 0.2) is 0 Å². The molecular formula is C21H28N2. The van der Waals surface area contributed by atoms with E-state index in [1.165, 1.54) is 30.5 Å². The number of aryl methyl sites for hydroxylation is 2. The number of hydrogen-bond donors (Lipinski definition) is 1.